The van der Waals surface area contributed by atoms with Gasteiger partial charge in [-0.1, -0.05) is 12.5 Å². The van der Waals surface area contributed by atoms with Gasteiger partial charge in [0.05, 0.1) is 11.7 Å². The number of rotatable bonds is 3. The van der Waals surface area contributed by atoms with Gasteiger partial charge in [-0.05, 0) is 31.5 Å². The highest BCUT2D eigenvalue weighted by Crippen LogP contribution is 2.26. The van der Waals surface area contributed by atoms with Gasteiger partial charge in [0.2, 0.25) is 0 Å². The summed E-state index contributed by atoms with van der Waals surface area (Å²) in [5.41, 5.74) is 7.13. The Labute approximate surface area is 115 Å². The minimum absolute atomic E-state index is 0.283. The smallest absolute Gasteiger partial charge is 0.0645 e. The van der Waals surface area contributed by atoms with Crippen molar-refractivity contribution >= 4 is 0 Å². The van der Waals surface area contributed by atoms with Crippen LogP contribution in [-0.4, -0.2) is 53.5 Å². The second-order valence-electron chi connectivity index (χ2n) is 5.69. The molecule has 19 heavy (non-hydrogen) atoms. The first kappa shape index (κ1) is 13.0. The highest BCUT2D eigenvalue weighted by Gasteiger charge is 2.32. The Morgan fingerprint density at radius 2 is 2.21 bits per heavy atom. The number of nitrogens with zero attached hydrogens (tertiary/aromatic N) is 3. The van der Waals surface area contributed by atoms with Crippen LogP contribution in [0.4, 0.5) is 0 Å². The fourth-order valence-corrected chi connectivity index (χ4v) is 3.49. The van der Waals surface area contributed by atoms with E-state index in [1.807, 2.05) is 12.3 Å². The largest absolute Gasteiger partial charge is 0.329 e. The van der Waals surface area contributed by atoms with E-state index in [9.17, 15) is 0 Å². The van der Waals surface area contributed by atoms with E-state index in [0.29, 0.717) is 6.54 Å². The summed E-state index contributed by atoms with van der Waals surface area (Å²) in [6.07, 6.45) is 5.97. The van der Waals surface area contributed by atoms with Crippen LogP contribution in [0.3, 0.4) is 0 Å². The molecule has 1 aromatic heterocycles. The molecule has 2 saturated heterocycles. The Balaban J connectivity index is 1.70. The number of pyridine rings is 1. The molecule has 3 heterocycles. The number of hydrogen-bond acceptors (Lipinski definition) is 4. The second kappa shape index (κ2) is 5.99. The molecular weight excluding hydrogens is 236 g/mol. The average Bonchev–Trinajstić information content (AvgIpc) is 2.49. The Kier molecular flexibility index (Phi) is 4.11. The van der Waals surface area contributed by atoms with Crippen molar-refractivity contribution in [1.82, 2.24) is 14.8 Å². The molecule has 2 aliphatic heterocycles. The summed E-state index contributed by atoms with van der Waals surface area (Å²) < 4.78 is 0. The molecule has 104 valence electrons. The lowest BCUT2D eigenvalue weighted by atomic mass is 9.98. The number of piperidine rings is 1. The minimum atomic E-state index is 0.283. The molecule has 2 aliphatic rings. The summed E-state index contributed by atoms with van der Waals surface area (Å²) in [4.78, 5) is 9.69. The number of piperazine rings is 1. The lowest BCUT2D eigenvalue weighted by Gasteiger charge is -2.46. The van der Waals surface area contributed by atoms with Gasteiger partial charge in [-0.3, -0.25) is 14.8 Å². The van der Waals surface area contributed by atoms with Gasteiger partial charge < -0.3 is 5.73 Å². The van der Waals surface area contributed by atoms with Crippen molar-refractivity contribution in [2.75, 3.05) is 32.7 Å². The summed E-state index contributed by atoms with van der Waals surface area (Å²) in [5.74, 6) is 0. The fourth-order valence-electron chi connectivity index (χ4n) is 3.49. The van der Waals surface area contributed by atoms with E-state index in [1.54, 1.807) is 0 Å². The van der Waals surface area contributed by atoms with Crippen LogP contribution in [0.25, 0.3) is 0 Å². The van der Waals surface area contributed by atoms with Crippen LogP contribution in [0.15, 0.2) is 24.4 Å². The third-order valence-corrected chi connectivity index (χ3v) is 4.56. The van der Waals surface area contributed by atoms with Gasteiger partial charge in [-0.2, -0.15) is 0 Å². The van der Waals surface area contributed by atoms with Crippen molar-refractivity contribution in [3.8, 4) is 0 Å². The summed E-state index contributed by atoms with van der Waals surface area (Å²) in [5, 5.41) is 0. The van der Waals surface area contributed by atoms with Crippen LogP contribution in [0.1, 0.15) is 31.0 Å². The first-order valence-corrected chi connectivity index (χ1v) is 7.47. The molecule has 0 spiro atoms. The zero-order chi connectivity index (χ0) is 13.1. The molecule has 2 unspecified atom stereocenters. The van der Waals surface area contributed by atoms with Crippen LogP contribution in [-0.2, 0) is 0 Å². The van der Waals surface area contributed by atoms with Crippen LogP contribution < -0.4 is 5.73 Å². The molecule has 1 aromatic rings. The third kappa shape index (κ3) is 2.81. The maximum atomic E-state index is 6.01. The van der Waals surface area contributed by atoms with Crippen LogP contribution >= 0.6 is 0 Å². The van der Waals surface area contributed by atoms with Crippen LogP contribution in [0, 0.1) is 0 Å². The molecule has 0 aromatic carbocycles. The van der Waals surface area contributed by atoms with Crippen molar-refractivity contribution < 1.29 is 0 Å². The van der Waals surface area contributed by atoms with Crippen LogP contribution in [0.2, 0.25) is 0 Å². The zero-order valence-corrected chi connectivity index (χ0v) is 11.5. The number of aromatic nitrogens is 1. The van der Waals surface area contributed by atoms with Gasteiger partial charge in [0, 0.05) is 38.4 Å². The molecule has 4 nitrogen and oxygen atoms in total. The van der Waals surface area contributed by atoms with Crippen molar-refractivity contribution in [3.63, 3.8) is 0 Å². The Morgan fingerprint density at radius 1 is 1.26 bits per heavy atom. The summed E-state index contributed by atoms with van der Waals surface area (Å²) in [7, 11) is 0. The molecule has 0 radical (unpaired) electrons. The Hall–Kier alpha value is -0.970. The maximum Gasteiger partial charge on any atom is 0.0645 e. The van der Waals surface area contributed by atoms with E-state index in [2.05, 4.69) is 26.9 Å². The Bertz CT molecular complexity index is 394. The molecule has 0 bridgehead atoms. The first-order valence-electron chi connectivity index (χ1n) is 7.47. The molecule has 2 N–H and O–H groups in total. The zero-order valence-electron chi connectivity index (χ0n) is 11.5. The third-order valence-electron chi connectivity index (χ3n) is 4.56. The predicted molar refractivity (Wildman–Crippen MR) is 76.8 cm³/mol. The molecule has 3 rings (SSSR count). The van der Waals surface area contributed by atoms with Gasteiger partial charge >= 0.3 is 0 Å². The van der Waals surface area contributed by atoms with Gasteiger partial charge in [0.1, 0.15) is 0 Å². The van der Waals surface area contributed by atoms with Crippen molar-refractivity contribution in [1.29, 1.82) is 0 Å². The Morgan fingerprint density at radius 3 is 3.00 bits per heavy atom. The lowest BCUT2D eigenvalue weighted by Crippen LogP contribution is -2.56. The standard InChI is InChI=1S/C15H24N4/c16-11-15(14-6-1-3-7-17-14)19-10-9-18-8-4-2-5-13(18)12-19/h1,3,6-7,13,15H,2,4-5,8-12,16H2. The van der Waals surface area contributed by atoms with Gasteiger partial charge in [-0.25, -0.2) is 0 Å². The van der Waals surface area contributed by atoms with E-state index in [-0.39, 0.29) is 6.04 Å². The second-order valence-corrected chi connectivity index (χ2v) is 5.69. The van der Waals surface area contributed by atoms with Crippen molar-refractivity contribution in [2.45, 2.75) is 31.3 Å². The van der Waals surface area contributed by atoms with Gasteiger partial charge in [-0.15, -0.1) is 0 Å². The number of fused-ring (bicyclic) bond motifs is 1. The quantitative estimate of drug-likeness (QED) is 0.888. The van der Waals surface area contributed by atoms with Crippen molar-refractivity contribution in [2.24, 2.45) is 5.73 Å². The molecule has 0 aliphatic carbocycles. The molecule has 4 heteroatoms. The van der Waals surface area contributed by atoms with E-state index in [0.717, 1.165) is 24.8 Å². The highest BCUT2D eigenvalue weighted by atomic mass is 15.3. The van der Waals surface area contributed by atoms with E-state index in [4.69, 9.17) is 5.73 Å². The van der Waals surface area contributed by atoms with E-state index >= 15 is 0 Å². The fraction of sp³-hybridized carbons (Fsp3) is 0.667. The summed E-state index contributed by atoms with van der Waals surface area (Å²) in [6, 6.07) is 7.15. The molecule has 2 fully saturated rings. The summed E-state index contributed by atoms with van der Waals surface area (Å²) >= 11 is 0. The maximum absolute atomic E-state index is 6.01. The number of hydrogen-bond donors (Lipinski definition) is 1. The normalized spacial score (nSPS) is 26.9. The minimum Gasteiger partial charge on any atom is -0.329 e. The SMILES string of the molecule is NCC(c1ccccn1)N1CCN2CCCCC2C1. The summed E-state index contributed by atoms with van der Waals surface area (Å²) in [6.45, 7) is 5.40. The lowest BCUT2D eigenvalue weighted by molar-refractivity contribution is 0.0277. The first-order chi connectivity index (χ1) is 9.38. The molecule has 0 amide bonds. The van der Waals surface area contributed by atoms with E-state index < -0.39 is 0 Å². The van der Waals surface area contributed by atoms with Gasteiger partial charge in [0.25, 0.3) is 0 Å². The molecule has 0 saturated carbocycles. The average molecular weight is 260 g/mol. The number of nitrogens with two attached hydrogens (primary N) is 1. The van der Waals surface area contributed by atoms with Crippen LogP contribution in [0.5, 0.6) is 0 Å². The van der Waals surface area contributed by atoms with Crippen molar-refractivity contribution in [3.05, 3.63) is 30.1 Å². The topological polar surface area (TPSA) is 45.4 Å². The molecule has 2 atom stereocenters. The van der Waals surface area contributed by atoms with E-state index in [1.165, 1.54) is 32.4 Å². The van der Waals surface area contributed by atoms with Gasteiger partial charge in [0.15, 0.2) is 0 Å². The highest BCUT2D eigenvalue weighted by molar-refractivity contribution is 5.10. The monoisotopic (exact) mass is 260 g/mol. The molecular formula is C15H24N4. The predicted octanol–water partition coefficient (Wildman–Crippen LogP) is 1.25.